The van der Waals surface area contributed by atoms with Crippen molar-refractivity contribution in [3.8, 4) is 5.75 Å². The van der Waals surface area contributed by atoms with Crippen molar-refractivity contribution in [3.63, 3.8) is 0 Å². The van der Waals surface area contributed by atoms with E-state index in [2.05, 4.69) is 21.2 Å². The Morgan fingerprint density at radius 2 is 1.86 bits per heavy atom. The molecular weight excluding hydrogens is 448 g/mol. The highest BCUT2D eigenvalue weighted by molar-refractivity contribution is 9.10. The second-order valence-electron chi connectivity index (χ2n) is 6.00. The first-order chi connectivity index (χ1) is 13.3. The van der Waals surface area contributed by atoms with Gasteiger partial charge in [-0.1, -0.05) is 30.7 Å². The number of urea groups is 1. The van der Waals surface area contributed by atoms with Gasteiger partial charge in [0.05, 0.1) is 22.3 Å². The normalized spacial score (nSPS) is 15.8. The summed E-state index contributed by atoms with van der Waals surface area (Å²) in [6.45, 7) is 2.01. The Labute approximate surface area is 175 Å². The van der Waals surface area contributed by atoms with Gasteiger partial charge in [-0.05, 0) is 63.8 Å². The predicted molar refractivity (Wildman–Crippen MR) is 111 cm³/mol. The molecule has 8 heteroatoms. The molecule has 0 radical (unpaired) electrons. The molecule has 144 valence electrons. The van der Waals surface area contributed by atoms with Gasteiger partial charge in [0.25, 0.3) is 11.8 Å². The number of carbonyl (C=O) groups excluding carboxylic acids is 3. The first kappa shape index (κ1) is 20.1. The second-order valence-corrected chi connectivity index (χ2v) is 7.26. The van der Waals surface area contributed by atoms with Crippen LogP contribution >= 0.6 is 27.5 Å². The summed E-state index contributed by atoms with van der Waals surface area (Å²) < 4.78 is 5.74. The summed E-state index contributed by atoms with van der Waals surface area (Å²) in [6.07, 6.45) is 2.21. The summed E-state index contributed by atoms with van der Waals surface area (Å²) in [5, 5.41) is 2.51. The Kier molecular flexibility index (Phi) is 5.86. The number of carbonyl (C=O) groups is 3. The molecule has 28 heavy (non-hydrogen) atoms. The van der Waals surface area contributed by atoms with Gasteiger partial charge in [0.1, 0.15) is 5.57 Å². The molecule has 3 rings (SSSR count). The van der Waals surface area contributed by atoms with Crippen molar-refractivity contribution < 1.29 is 19.1 Å². The number of rotatable bonds is 4. The molecule has 1 N–H and O–H groups in total. The molecule has 1 aliphatic heterocycles. The maximum absolute atomic E-state index is 12.9. The molecule has 0 unspecified atom stereocenters. The molecule has 6 nitrogen and oxygen atoms in total. The van der Waals surface area contributed by atoms with Crippen LogP contribution < -0.4 is 15.0 Å². The molecule has 4 amide bonds. The van der Waals surface area contributed by atoms with Crippen LogP contribution in [0.25, 0.3) is 6.08 Å². The van der Waals surface area contributed by atoms with E-state index in [0.29, 0.717) is 26.5 Å². The number of anilines is 1. The average Bonchev–Trinajstić information content (AvgIpc) is 2.65. The van der Waals surface area contributed by atoms with Crippen molar-refractivity contribution in [1.82, 2.24) is 5.32 Å². The first-order valence-corrected chi connectivity index (χ1v) is 9.56. The van der Waals surface area contributed by atoms with Gasteiger partial charge in [-0.3, -0.25) is 14.9 Å². The summed E-state index contributed by atoms with van der Waals surface area (Å²) >= 11 is 9.50. The lowest BCUT2D eigenvalue weighted by molar-refractivity contribution is -0.122. The molecule has 0 aliphatic carbocycles. The molecule has 2 aromatic rings. The van der Waals surface area contributed by atoms with Gasteiger partial charge in [0, 0.05) is 0 Å². The lowest BCUT2D eigenvalue weighted by Gasteiger charge is -2.26. The zero-order valence-electron chi connectivity index (χ0n) is 15.1. The Hall–Kier alpha value is -2.64. The minimum atomic E-state index is -0.787. The Balaban J connectivity index is 2.01. The topological polar surface area (TPSA) is 75.7 Å². The largest absolute Gasteiger partial charge is 0.494 e. The molecule has 1 fully saturated rings. The van der Waals surface area contributed by atoms with Crippen LogP contribution in [0.4, 0.5) is 10.5 Å². The third-order valence-electron chi connectivity index (χ3n) is 4.24. The van der Waals surface area contributed by atoms with Crippen molar-refractivity contribution in [3.05, 3.63) is 62.6 Å². The molecule has 0 saturated carbocycles. The fourth-order valence-corrected chi connectivity index (χ4v) is 3.86. The second kappa shape index (κ2) is 8.16. The van der Waals surface area contributed by atoms with Gasteiger partial charge in [-0.25, -0.2) is 9.69 Å². The molecule has 0 spiro atoms. The molecule has 0 bridgehead atoms. The van der Waals surface area contributed by atoms with Crippen molar-refractivity contribution >= 4 is 57.1 Å². The summed E-state index contributed by atoms with van der Waals surface area (Å²) in [6, 6.07) is 9.44. The number of nitrogens with zero attached hydrogens (tertiary/aromatic N) is 1. The van der Waals surface area contributed by atoms with E-state index in [9.17, 15) is 14.4 Å². The average molecular weight is 464 g/mol. The summed E-state index contributed by atoms with van der Waals surface area (Å²) in [5.74, 6) is -1.03. The number of halogens is 2. The van der Waals surface area contributed by atoms with Crippen LogP contribution in [0, 0.1) is 0 Å². The van der Waals surface area contributed by atoms with E-state index < -0.39 is 17.8 Å². The third-order valence-corrected chi connectivity index (χ3v) is 5.11. The van der Waals surface area contributed by atoms with Gasteiger partial charge in [-0.2, -0.15) is 0 Å². The Morgan fingerprint density at radius 3 is 2.43 bits per heavy atom. The first-order valence-electron chi connectivity index (χ1n) is 8.39. The van der Waals surface area contributed by atoms with E-state index in [1.54, 1.807) is 24.3 Å². The van der Waals surface area contributed by atoms with Crippen LogP contribution in [0.3, 0.4) is 0 Å². The predicted octanol–water partition coefficient (Wildman–Crippen LogP) is 4.34. The lowest BCUT2D eigenvalue weighted by Crippen LogP contribution is -2.54. The minimum absolute atomic E-state index is 0.174. The van der Waals surface area contributed by atoms with Crippen molar-refractivity contribution in [1.29, 1.82) is 0 Å². The molecule has 0 aromatic heterocycles. The van der Waals surface area contributed by atoms with Crippen molar-refractivity contribution in [2.45, 2.75) is 13.3 Å². The van der Waals surface area contributed by atoms with Gasteiger partial charge >= 0.3 is 6.03 Å². The standard InChI is InChI=1S/C20H16BrClN2O4/c1-3-11-4-6-13(7-5-11)24-19(26)14(18(25)23-20(24)27)8-12-9-15(21)17(28-2)16(22)10-12/h4-10H,3H2,1-2H3,(H,23,25,27)/b14-8-. The number of imide groups is 2. The maximum atomic E-state index is 12.9. The van der Waals surface area contributed by atoms with E-state index in [1.165, 1.54) is 13.2 Å². The van der Waals surface area contributed by atoms with Gasteiger partial charge in [0.15, 0.2) is 5.75 Å². The lowest BCUT2D eigenvalue weighted by atomic mass is 10.1. The van der Waals surface area contributed by atoms with Gasteiger partial charge in [0.2, 0.25) is 0 Å². The zero-order chi connectivity index (χ0) is 20.4. The molecule has 1 saturated heterocycles. The summed E-state index contributed by atoms with van der Waals surface area (Å²) in [7, 11) is 1.48. The molecule has 0 atom stereocenters. The number of hydrogen-bond donors (Lipinski definition) is 1. The smallest absolute Gasteiger partial charge is 0.335 e. The maximum Gasteiger partial charge on any atom is 0.335 e. The van der Waals surface area contributed by atoms with Crippen molar-refractivity contribution in [2.24, 2.45) is 0 Å². The molecule has 2 aromatic carbocycles. The number of nitrogens with one attached hydrogen (secondary N) is 1. The fourth-order valence-electron chi connectivity index (χ4n) is 2.80. The fraction of sp³-hybridized carbons (Fsp3) is 0.150. The Bertz CT molecular complexity index is 979. The number of aryl methyl sites for hydroxylation is 1. The third kappa shape index (κ3) is 3.81. The van der Waals surface area contributed by atoms with E-state index in [0.717, 1.165) is 16.9 Å². The number of benzene rings is 2. The number of ether oxygens (including phenoxy) is 1. The SMILES string of the molecule is CCc1ccc(N2C(=O)NC(=O)/C(=C/c3cc(Cl)c(OC)c(Br)c3)C2=O)cc1. The quantitative estimate of drug-likeness (QED) is 0.541. The highest BCUT2D eigenvalue weighted by atomic mass is 79.9. The number of hydrogen-bond acceptors (Lipinski definition) is 4. The van der Waals surface area contributed by atoms with E-state index in [-0.39, 0.29) is 5.57 Å². The molecule has 1 heterocycles. The van der Waals surface area contributed by atoms with Crippen LogP contribution in [0.1, 0.15) is 18.1 Å². The zero-order valence-corrected chi connectivity index (χ0v) is 17.4. The van der Waals surface area contributed by atoms with Crippen LogP contribution in [0.5, 0.6) is 5.75 Å². The minimum Gasteiger partial charge on any atom is -0.494 e. The van der Waals surface area contributed by atoms with E-state index in [1.807, 2.05) is 19.1 Å². The van der Waals surface area contributed by atoms with Gasteiger partial charge in [-0.15, -0.1) is 0 Å². The van der Waals surface area contributed by atoms with Gasteiger partial charge < -0.3 is 4.74 Å². The monoisotopic (exact) mass is 462 g/mol. The number of barbiturate groups is 1. The van der Waals surface area contributed by atoms with E-state index in [4.69, 9.17) is 16.3 Å². The number of amides is 4. The van der Waals surface area contributed by atoms with Crippen LogP contribution in [0.2, 0.25) is 5.02 Å². The molecule has 1 aliphatic rings. The van der Waals surface area contributed by atoms with E-state index >= 15 is 0 Å². The number of methoxy groups -OCH3 is 1. The summed E-state index contributed by atoms with van der Waals surface area (Å²) in [5.41, 5.74) is 1.78. The highest BCUT2D eigenvalue weighted by Crippen LogP contribution is 2.35. The van der Waals surface area contributed by atoms with Crippen LogP contribution in [0.15, 0.2) is 46.4 Å². The molecular formula is C20H16BrClN2O4. The van der Waals surface area contributed by atoms with Crippen LogP contribution in [-0.4, -0.2) is 25.0 Å². The Morgan fingerprint density at radius 1 is 1.18 bits per heavy atom. The highest BCUT2D eigenvalue weighted by Gasteiger charge is 2.36. The van der Waals surface area contributed by atoms with Crippen LogP contribution in [-0.2, 0) is 16.0 Å². The summed E-state index contributed by atoms with van der Waals surface area (Å²) in [4.78, 5) is 38.4. The van der Waals surface area contributed by atoms with Crippen molar-refractivity contribution in [2.75, 3.05) is 12.0 Å².